The molecule has 0 atom stereocenters. The summed E-state index contributed by atoms with van der Waals surface area (Å²) in [5.41, 5.74) is -10.1. The molecule has 1 nitrogen and oxygen atoms in total. The fourth-order valence-corrected chi connectivity index (χ4v) is 10.4. The number of nitrogens with zero attached hydrogens (tertiary/aromatic N) is 1. The normalized spacial score (nSPS) is 11.8. The van der Waals surface area contributed by atoms with Gasteiger partial charge in [0.25, 0.3) is 0 Å². The number of aromatic nitrogens is 1. The zero-order valence-electron chi connectivity index (χ0n) is 40.2. The van der Waals surface area contributed by atoms with Crippen LogP contribution in [0.25, 0.3) is 32.3 Å². The molecule has 1 aromatic heterocycles. The van der Waals surface area contributed by atoms with E-state index < -0.39 is 144 Å². The third kappa shape index (κ3) is 9.20. The van der Waals surface area contributed by atoms with Crippen molar-refractivity contribution in [2.24, 2.45) is 0 Å². The van der Waals surface area contributed by atoms with Gasteiger partial charge in [-0.2, -0.15) is 4.57 Å². The molecule has 0 amide bonds. The van der Waals surface area contributed by atoms with E-state index in [-0.39, 0.29) is 0 Å². The van der Waals surface area contributed by atoms with Crippen molar-refractivity contribution in [1.29, 1.82) is 0 Å². The Morgan fingerprint density at radius 2 is 0.588 bits per heavy atom. The fourth-order valence-electron chi connectivity index (χ4n) is 10.4. The Labute approximate surface area is 438 Å². The molecule has 0 aliphatic carbocycles. The molecule has 410 valence electrons. The van der Waals surface area contributed by atoms with Crippen LogP contribution in [0.15, 0.2) is 121 Å². The maximum absolute atomic E-state index is 15.4. The second-order valence-electron chi connectivity index (χ2n) is 18.3. The van der Waals surface area contributed by atoms with Crippen LogP contribution in [0.2, 0.25) is 0 Å². The van der Waals surface area contributed by atoms with Gasteiger partial charge in [-0.3, -0.25) is 0 Å². The van der Waals surface area contributed by atoms with E-state index in [0.29, 0.717) is 0 Å². The number of halogens is 20. The lowest BCUT2D eigenvalue weighted by atomic mass is 9.12. The summed E-state index contributed by atoms with van der Waals surface area (Å²) in [6.07, 6.45) is -0.427. The molecule has 0 bridgehead atoms. The summed E-state index contributed by atoms with van der Waals surface area (Å²) in [4.78, 5) is 0. The van der Waals surface area contributed by atoms with E-state index in [0.717, 1.165) is 19.4 Å². The minimum Gasteiger partial charge on any atom is -0.207 e. The molecule has 0 fully saturated rings. The van der Waals surface area contributed by atoms with E-state index in [4.69, 9.17) is 0 Å². The molecule has 0 N–H and O–H groups in total. The molecule has 10 aromatic rings. The third-order valence-corrected chi connectivity index (χ3v) is 13.9. The average Bonchev–Trinajstić information content (AvgIpc) is 3.48. The summed E-state index contributed by atoms with van der Waals surface area (Å²) < 4.78 is 296. The summed E-state index contributed by atoms with van der Waals surface area (Å²) in [5, 5.41) is 8.19. The second kappa shape index (κ2) is 22.0. The zero-order chi connectivity index (χ0) is 57.8. The number of hydrogen-bond acceptors (Lipinski definition) is 0. The summed E-state index contributed by atoms with van der Waals surface area (Å²) >= 11 is 0. The van der Waals surface area contributed by atoms with Crippen molar-refractivity contribution in [3.05, 3.63) is 255 Å². The maximum atomic E-state index is 15.4. The van der Waals surface area contributed by atoms with Crippen LogP contribution < -0.4 is 26.4 Å². The lowest BCUT2D eigenvalue weighted by molar-refractivity contribution is -0.694. The molecule has 0 spiro atoms. The van der Waals surface area contributed by atoms with Gasteiger partial charge in [0, 0.05) is 23.4 Å². The molecule has 0 aliphatic rings. The number of fused-ring (bicyclic) bond motifs is 3. The van der Waals surface area contributed by atoms with Crippen LogP contribution in [0.5, 0.6) is 0 Å². The molecular formula is C58H30BF20N. The molecule has 9 aromatic carbocycles. The molecule has 0 aliphatic heterocycles. The first kappa shape index (κ1) is 56.3. The van der Waals surface area contributed by atoms with E-state index in [1.807, 2.05) is 0 Å². The quantitative estimate of drug-likeness (QED) is 0.0231. The van der Waals surface area contributed by atoms with Crippen LogP contribution in [0.3, 0.4) is 0 Å². The SMILES string of the molecule is Fc1c(F)c(F)c([B-](c2c(F)c(F)c(F)c(F)c2F)(c2c(F)c(F)c(F)c(F)c2F)c2c(F)c(F)c(F)c(F)c2F)c(F)c1F.c1ccc(C[n+]2ccc3ccccc3c2CCCCc2c3ccccc3cc3ccccc23)cc1. The van der Waals surface area contributed by atoms with E-state index in [1.165, 1.54) is 62.0 Å². The van der Waals surface area contributed by atoms with E-state index >= 15 is 35.1 Å². The van der Waals surface area contributed by atoms with Crippen LogP contribution in [0.1, 0.15) is 29.7 Å². The first-order chi connectivity index (χ1) is 38.1. The number of aryl methyl sites for hydroxylation is 2. The van der Waals surface area contributed by atoms with Crippen LogP contribution in [0.4, 0.5) is 87.8 Å². The molecular weight excluding hydrogens is 1100 g/mol. The first-order valence-corrected chi connectivity index (χ1v) is 23.6. The first-order valence-electron chi connectivity index (χ1n) is 23.6. The number of pyridine rings is 1. The van der Waals surface area contributed by atoms with E-state index in [1.54, 1.807) is 0 Å². The highest BCUT2D eigenvalue weighted by atomic mass is 19.2. The van der Waals surface area contributed by atoms with Gasteiger partial charge < -0.3 is 0 Å². The highest BCUT2D eigenvalue weighted by Crippen LogP contribution is 2.33. The largest absolute Gasteiger partial charge is 0.207 e. The van der Waals surface area contributed by atoms with Crippen molar-refractivity contribution in [2.45, 2.75) is 32.2 Å². The highest BCUT2D eigenvalue weighted by Gasteiger charge is 2.52. The van der Waals surface area contributed by atoms with Gasteiger partial charge in [0.1, 0.15) is 52.7 Å². The molecule has 0 unspecified atom stereocenters. The third-order valence-electron chi connectivity index (χ3n) is 13.9. The van der Waals surface area contributed by atoms with E-state index in [9.17, 15) is 52.7 Å². The van der Waals surface area contributed by atoms with Crippen LogP contribution in [0, 0.1) is 116 Å². The van der Waals surface area contributed by atoms with Crippen molar-refractivity contribution in [1.82, 2.24) is 0 Å². The Morgan fingerprint density at radius 1 is 0.287 bits per heavy atom. The van der Waals surface area contributed by atoms with Gasteiger partial charge in [-0.1, -0.05) is 97.1 Å². The average molecular weight is 1130 g/mol. The van der Waals surface area contributed by atoms with Crippen molar-refractivity contribution in [2.75, 3.05) is 0 Å². The smallest absolute Gasteiger partial charge is 0.200 e. The van der Waals surface area contributed by atoms with Gasteiger partial charge in [0.15, 0.2) is 88.2 Å². The van der Waals surface area contributed by atoms with Crippen LogP contribution in [-0.4, -0.2) is 6.15 Å². The standard InChI is InChI=1S/C34H30N.C24BF20/c1-2-12-26(13-3-1)25-35-23-22-27-14-4-9-19-32(27)34(35)21-11-10-20-33-30-17-7-5-15-28(30)24-29-16-6-8-18-31(29)33;26-5-1(6(27)14(35)21(42)13(5)34)25(2-7(28)15(36)22(43)16(37)8(2)29,3-9(30)17(38)23(44)18(39)10(3)31)4-11(32)19(40)24(45)20(41)12(4)33/h1-9,12-19,22-24H,10-11,20-21,25H2;/q+1;-1. The van der Waals surface area contributed by atoms with Crippen LogP contribution >= 0.6 is 0 Å². The summed E-state index contributed by atoms with van der Waals surface area (Å²) in [7, 11) is 0. The Morgan fingerprint density at radius 3 is 0.963 bits per heavy atom. The van der Waals surface area contributed by atoms with Gasteiger partial charge in [-0.25, -0.2) is 87.8 Å². The van der Waals surface area contributed by atoms with Crippen LogP contribution in [-0.2, 0) is 19.4 Å². The molecule has 1 heterocycles. The van der Waals surface area contributed by atoms with Crippen molar-refractivity contribution < 1.29 is 92.4 Å². The Kier molecular flexibility index (Phi) is 15.5. The lowest BCUT2D eigenvalue weighted by Crippen LogP contribution is -2.81. The van der Waals surface area contributed by atoms with Gasteiger partial charge in [-0.05, 0) is 63.9 Å². The van der Waals surface area contributed by atoms with Crippen molar-refractivity contribution >= 4 is 60.3 Å². The molecule has 0 saturated heterocycles. The monoisotopic (exact) mass is 1130 g/mol. The molecule has 10 rings (SSSR count). The minimum atomic E-state index is -7.22. The summed E-state index contributed by atoms with van der Waals surface area (Å²) in [5.74, 6) is -71.4. The Balaban J connectivity index is 0.000000199. The predicted molar refractivity (Wildman–Crippen MR) is 257 cm³/mol. The molecule has 80 heavy (non-hydrogen) atoms. The summed E-state index contributed by atoms with van der Waals surface area (Å²) in [6, 6.07) is 41.9. The fraction of sp³-hybridized carbons (Fsp3) is 0.0862. The van der Waals surface area contributed by atoms with Gasteiger partial charge >= 0.3 is 0 Å². The lowest BCUT2D eigenvalue weighted by Gasteiger charge is -2.44. The van der Waals surface area contributed by atoms with Gasteiger partial charge in [0.05, 0.1) is 0 Å². The number of hydrogen-bond donors (Lipinski definition) is 0. The highest BCUT2D eigenvalue weighted by molar-refractivity contribution is 7.20. The predicted octanol–water partition coefficient (Wildman–Crippen LogP) is 13.9. The van der Waals surface area contributed by atoms with Gasteiger partial charge in [0.2, 0.25) is 0 Å². The summed E-state index contributed by atoms with van der Waals surface area (Å²) in [6.45, 7) is 0.912. The Bertz CT molecular complexity index is 3680. The van der Waals surface area contributed by atoms with E-state index in [2.05, 4.69) is 126 Å². The zero-order valence-corrected chi connectivity index (χ0v) is 40.2. The molecule has 0 radical (unpaired) electrons. The molecule has 0 saturated carbocycles. The topological polar surface area (TPSA) is 3.88 Å². The van der Waals surface area contributed by atoms with Gasteiger partial charge in [-0.15, -0.1) is 21.9 Å². The second-order valence-corrected chi connectivity index (χ2v) is 18.3. The number of benzene rings is 9. The van der Waals surface area contributed by atoms with Crippen molar-refractivity contribution in [3.8, 4) is 0 Å². The minimum absolute atomic E-state index is 0.912. The number of unbranched alkanes of at least 4 members (excludes halogenated alkanes) is 1. The van der Waals surface area contributed by atoms with Crippen molar-refractivity contribution in [3.63, 3.8) is 0 Å². The molecule has 22 heteroatoms. The number of rotatable bonds is 11. The Hall–Kier alpha value is -8.43. The maximum Gasteiger partial charge on any atom is 0.200 e.